The number of amides is 2. The molecule has 1 atom stereocenters. The molecular weight excluding hydrogens is 348 g/mol. The van der Waals surface area contributed by atoms with Crippen molar-refractivity contribution in [2.45, 2.75) is 25.9 Å². The Labute approximate surface area is 157 Å². The Morgan fingerprint density at radius 1 is 0.852 bits per heavy atom. The number of ether oxygens (including phenoxy) is 1. The average Bonchev–Trinajstić information content (AvgIpc) is 2.65. The van der Waals surface area contributed by atoms with E-state index in [1.54, 1.807) is 24.3 Å². The van der Waals surface area contributed by atoms with E-state index < -0.39 is 17.9 Å². The maximum atomic E-state index is 12.4. The average molecular weight is 370 g/mol. The third-order valence-electron chi connectivity index (χ3n) is 3.80. The van der Waals surface area contributed by atoms with E-state index in [1.165, 1.54) is 31.4 Å². The fraction of sp³-hybridized carbons (Fsp3) is 0.250. The number of carboxylic acids is 1. The molecule has 2 rings (SSSR count). The molecule has 27 heavy (non-hydrogen) atoms. The minimum absolute atomic E-state index is 0.00120. The second-order valence-electron chi connectivity index (χ2n) is 6.22. The summed E-state index contributed by atoms with van der Waals surface area (Å²) in [6, 6.07) is 11.2. The molecule has 2 amide bonds. The largest absolute Gasteiger partial charge is 0.497 e. The van der Waals surface area contributed by atoms with E-state index >= 15 is 0 Å². The molecule has 142 valence electrons. The molecule has 0 saturated heterocycles. The number of hydrogen-bond acceptors (Lipinski definition) is 4. The van der Waals surface area contributed by atoms with Gasteiger partial charge < -0.3 is 20.5 Å². The molecule has 0 heterocycles. The molecule has 0 aliphatic carbocycles. The van der Waals surface area contributed by atoms with E-state index in [9.17, 15) is 19.5 Å². The van der Waals surface area contributed by atoms with E-state index in [-0.39, 0.29) is 17.5 Å². The summed E-state index contributed by atoms with van der Waals surface area (Å²) < 4.78 is 5.05. The minimum atomic E-state index is -1.20. The summed E-state index contributed by atoms with van der Waals surface area (Å²) in [6.45, 7) is 3.70. The van der Waals surface area contributed by atoms with Gasteiger partial charge in [-0.2, -0.15) is 0 Å². The van der Waals surface area contributed by atoms with E-state index in [4.69, 9.17) is 4.74 Å². The SMILES string of the molecule is COc1ccc(C(NC(=O)c2ccc(C(=O)NC(C)C)cc2)C(=O)O)cc1. The van der Waals surface area contributed by atoms with E-state index in [0.29, 0.717) is 16.9 Å². The zero-order valence-electron chi connectivity index (χ0n) is 15.4. The number of rotatable bonds is 7. The van der Waals surface area contributed by atoms with Crippen LogP contribution >= 0.6 is 0 Å². The van der Waals surface area contributed by atoms with Gasteiger partial charge in [0.1, 0.15) is 5.75 Å². The van der Waals surface area contributed by atoms with Crippen molar-refractivity contribution < 1.29 is 24.2 Å². The van der Waals surface area contributed by atoms with Crippen LogP contribution in [0, 0.1) is 0 Å². The molecule has 0 radical (unpaired) electrons. The van der Waals surface area contributed by atoms with Crippen molar-refractivity contribution in [3.8, 4) is 5.75 Å². The lowest BCUT2D eigenvalue weighted by Crippen LogP contribution is -2.34. The number of carbonyl (C=O) groups is 3. The lowest BCUT2D eigenvalue weighted by Gasteiger charge is -2.15. The van der Waals surface area contributed by atoms with Gasteiger partial charge in [0.15, 0.2) is 6.04 Å². The molecule has 1 unspecified atom stereocenters. The summed E-state index contributed by atoms with van der Waals surface area (Å²) in [5.41, 5.74) is 1.10. The van der Waals surface area contributed by atoms with Crippen LogP contribution in [0.5, 0.6) is 5.75 Å². The van der Waals surface area contributed by atoms with Crippen LogP contribution in [0.3, 0.4) is 0 Å². The first-order chi connectivity index (χ1) is 12.8. The van der Waals surface area contributed by atoms with Gasteiger partial charge in [-0.3, -0.25) is 9.59 Å². The van der Waals surface area contributed by atoms with Crippen molar-refractivity contribution in [1.29, 1.82) is 0 Å². The number of nitrogens with one attached hydrogen (secondary N) is 2. The number of aliphatic carboxylic acids is 1. The Kier molecular flexibility index (Phi) is 6.54. The molecule has 0 aliphatic heterocycles. The van der Waals surface area contributed by atoms with Crippen LogP contribution in [0.15, 0.2) is 48.5 Å². The van der Waals surface area contributed by atoms with Crippen molar-refractivity contribution in [3.63, 3.8) is 0 Å². The molecule has 7 heteroatoms. The third-order valence-corrected chi connectivity index (χ3v) is 3.80. The van der Waals surface area contributed by atoms with Gasteiger partial charge in [0.25, 0.3) is 11.8 Å². The lowest BCUT2D eigenvalue weighted by atomic mass is 10.1. The van der Waals surface area contributed by atoms with Gasteiger partial charge in [-0.1, -0.05) is 12.1 Å². The number of methoxy groups -OCH3 is 1. The van der Waals surface area contributed by atoms with Gasteiger partial charge in [0.2, 0.25) is 0 Å². The summed E-state index contributed by atoms with van der Waals surface area (Å²) in [5, 5.41) is 14.7. The van der Waals surface area contributed by atoms with Gasteiger partial charge in [-0.15, -0.1) is 0 Å². The molecule has 0 bridgehead atoms. The molecule has 0 spiro atoms. The predicted octanol–water partition coefficient (Wildman–Crippen LogP) is 2.39. The Hall–Kier alpha value is -3.35. The van der Waals surface area contributed by atoms with Crippen LogP contribution in [0.25, 0.3) is 0 Å². The Morgan fingerprint density at radius 3 is 1.74 bits per heavy atom. The molecule has 0 aliphatic rings. The van der Waals surface area contributed by atoms with Crippen LogP contribution < -0.4 is 15.4 Å². The van der Waals surface area contributed by atoms with Crippen molar-refractivity contribution in [3.05, 3.63) is 65.2 Å². The van der Waals surface area contributed by atoms with Crippen LogP contribution in [-0.2, 0) is 4.79 Å². The molecule has 0 saturated carbocycles. The first-order valence-electron chi connectivity index (χ1n) is 8.40. The summed E-state index contributed by atoms with van der Waals surface area (Å²) in [4.78, 5) is 35.9. The van der Waals surface area contributed by atoms with Gasteiger partial charge in [-0.05, 0) is 55.8 Å². The zero-order chi connectivity index (χ0) is 20.0. The van der Waals surface area contributed by atoms with Crippen molar-refractivity contribution >= 4 is 17.8 Å². The topological polar surface area (TPSA) is 105 Å². The van der Waals surface area contributed by atoms with Crippen LogP contribution in [0.1, 0.15) is 46.2 Å². The molecule has 2 aromatic rings. The van der Waals surface area contributed by atoms with Crippen LogP contribution in [0.2, 0.25) is 0 Å². The Morgan fingerprint density at radius 2 is 1.33 bits per heavy atom. The Balaban J connectivity index is 2.13. The van der Waals surface area contributed by atoms with E-state index in [0.717, 1.165) is 0 Å². The molecular formula is C20H22N2O5. The third kappa shape index (κ3) is 5.31. The van der Waals surface area contributed by atoms with Gasteiger partial charge in [0, 0.05) is 17.2 Å². The molecule has 0 aromatic heterocycles. The van der Waals surface area contributed by atoms with Gasteiger partial charge in [0.05, 0.1) is 7.11 Å². The van der Waals surface area contributed by atoms with Crippen molar-refractivity contribution in [1.82, 2.24) is 10.6 Å². The second kappa shape index (κ2) is 8.84. The molecule has 7 nitrogen and oxygen atoms in total. The number of carbonyl (C=O) groups excluding carboxylic acids is 2. The summed E-state index contributed by atoms with van der Waals surface area (Å²) in [7, 11) is 1.51. The number of benzene rings is 2. The monoisotopic (exact) mass is 370 g/mol. The summed E-state index contributed by atoms with van der Waals surface area (Å²) in [6.07, 6.45) is 0. The summed E-state index contributed by atoms with van der Waals surface area (Å²) in [5.74, 6) is -1.38. The van der Waals surface area contributed by atoms with Crippen molar-refractivity contribution in [2.24, 2.45) is 0 Å². The quantitative estimate of drug-likeness (QED) is 0.694. The minimum Gasteiger partial charge on any atom is -0.497 e. The van der Waals surface area contributed by atoms with E-state index in [2.05, 4.69) is 10.6 Å². The fourth-order valence-electron chi connectivity index (χ4n) is 2.42. The highest BCUT2D eigenvalue weighted by molar-refractivity contribution is 5.99. The molecule has 3 N–H and O–H groups in total. The smallest absolute Gasteiger partial charge is 0.330 e. The maximum Gasteiger partial charge on any atom is 0.330 e. The second-order valence-corrected chi connectivity index (χ2v) is 6.22. The number of carboxylic acid groups (broad SMARTS) is 1. The van der Waals surface area contributed by atoms with Crippen molar-refractivity contribution in [2.75, 3.05) is 7.11 Å². The van der Waals surface area contributed by atoms with E-state index in [1.807, 2.05) is 13.8 Å². The molecule has 0 fully saturated rings. The summed E-state index contributed by atoms with van der Waals surface area (Å²) >= 11 is 0. The van der Waals surface area contributed by atoms with Crippen LogP contribution in [-0.4, -0.2) is 36.0 Å². The normalized spacial score (nSPS) is 11.6. The van der Waals surface area contributed by atoms with Gasteiger partial charge >= 0.3 is 5.97 Å². The molecule has 2 aromatic carbocycles. The maximum absolute atomic E-state index is 12.4. The lowest BCUT2D eigenvalue weighted by molar-refractivity contribution is -0.139. The first kappa shape index (κ1) is 20.0. The predicted molar refractivity (Wildman–Crippen MR) is 99.9 cm³/mol. The van der Waals surface area contributed by atoms with Crippen LogP contribution in [0.4, 0.5) is 0 Å². The highest BCUT2D eigenvalue weighted by Crippen LogP contribution is 2.18. The fourth-order valence-corrected chi connectivity index (χ4v) is 2.42. The Bertz CT molecular complexity index is 813. The highest BCUT2D eigenvalue weighted by Gasteiger charge is 2.23. The van der Waals surface area contributed by atoms with Gasteiger partial charge in [-0.25, -0.2) is 4.79 Å². The number of hydrogen-bond donors (Lipinski definition) is 3. The standard InChI is InChI=1S/C20H22N2O5/c1-12(2)21-18(23)14-4-6-15(7-5-14)19(24)22-17(20(25)26)13-8-10-16(27-3)11-9-13/h4-12,17H,1-3H3,(H,21,23)(H,22,24)(H,25,26). The first-order valence-corrected chi connectivity index (χ1v) is 8.40. The highest BCUT2D eigenvalue weighted by atomic mass is 16.5. The zero-order valence-corrected chi connectivity index (χ0v) is 15.4.